The second-order valence-corrected chi connectivity index (χ2v) is 5.05. The van der Waals surface area contributed by atoms with Crippen molar-refractivity contribution in [3.63, 3.8) is 0 Å². The van der Waals surface area contributed by atoms with Gasteiger partial charge in [-0.15, -0.1) is 0 Å². The Morgan fingerprint density at radius 2 is 2.41 bits per heavy atom. The highest BCUT2D eigenvalue weighted by Gasteiger charge is 2.22. The van der Waals surface area contributed by atoms with Crippen LogP contribution in [-0.2, 0) is 4.79 Å². The zero-order valence-electron chi connectivity index (χ0n) is 9.61. The van der Waals surface area contributed by atoms with Crippen LogP contribution in [0.2, 0.25) is 0 Å². The molecule has 0 saturated carbocycles. The van der Waals surface area contributed by atoms with Crippen molar-refractivity contribution in [2.75, 3.05) is 32.0 Å². The highest BCUT2D eigenvalue weighted by Crippen LogP contribution is 2.10. The summed E-state index contributed by atoms with van der Waals surface area (Å²) in [5, 5.41) is 5.95. The fraction of sp³-hybridized carbons (Fsp3) is 0.455. The minimum atomic E-state index is -0.0331. The number of amides is 1. The standard InChI is InChI=1S/C11H15BrN4O/c1-16(9-5-13-6-9)7-11(17)15-10-3-2-8(12)4-14-10/h2-4,9,13H,5-7H2,1H3,(H,14,15,17). The van der Waals surface area contributed by atoms with Crippen LogP contribution >= 0.6 is 15.9 Å². The number of rotatable bonds is 4. The van der Waals surface area contributed by atoms with Gasteiger partial charge in [0.25, 0.3) is 0 Å². The molecule has 6 heteroatoms. The number of nitrogens with zero attached hydrogens (tertiary/aromatic N) is 2. The Morgan fingerprint density at radius 1 is 1.65 bits per heavy atom. The van der Waals surface area contributed by atoms with Crippen LogP contribution < -0.4 is 10.6 Å². The van der Waals surface area contributed by atoms with Crippen molar-refractivity contribution in [3.8, 4) is 0 Å². The number of nitrogens with one attached hydrogen (secondary N) is 2. The average Bonchev–Trinajstić information content (AvgIpc) is 2.18. The van der Waals surface area contributed by atoms with E-state index in [0.29, 0.717) is 18.4 Å². The molecule has 0 radical (unpaired) electrons. The molecule has 1 amide bonds. The lowest BCUT2D eigenvalue weighted by atomic mass is 10.1. The van der Waals surface area contributed by atoms with E-state index in [9.17, 15) is 4.79 Å². The molecular weight excluding hydrogens is 284 g/mol. The molecule has 1 aliphatic rings. The zero-order valence-corrected chi connectivity index (χ0v) is 11.2. The van der Waals surface area contributed by atoms with Gasteiger partial charge in [0.2, 0.25) is 5.91 Å². The second-order valence-electron chi connectivity index (χ2n) is 4.14. The number of hydrogen-bond acceptors (Lipinski definition) is 4. The first-order valence-electron chi connectivity index (χ1n) is 5.47. The molecule has 1 aromatic heterocycles. The van der Waals surface area contributed by atoms with Crippen molar-refractivity contribution in [3.05, 3.63) is 22.8 Å². The molecule has 0 aliphatic carbocycles. The lowest BCUT2D eigenvalue weighted by Crippen LogP contribution is -2.57. The molecule has 2 N–H and O–H groups in total. The van der Waals surface area contributed by atoms with Crippen LogP contribution in [0.1, 0.15) is 0 Å². The number of carbonyl (C=O) groups is 1. The molecule has 92 valence electrons. The van der Waals surface area contributed by atoms with Crippen LogP contribution in [0.4, 0.5) is 5.82 Å². The molecule has 1 saturated heterocycles. The Kier molecular flexibility index (Phi) is 4.09. The van der Waals surface area contributed by atoms with Crippen LogP contribution in [0.3, 0.4) is 0 Å². The van der Waals surface area contributed by atoms with Gasteiger partial charge in [-0.25, -0.2) is 4.98 Å². The van der Waals surface area contributed by atoms with E-state index in [2.05, 4.69) is 31.5 Å². The van der Waals surface area contributed by atoms with Gasteiger partial charge in [-0.3, -0.25) is 9.69 Å². The van der Waals surface area contributed by atoms with Gasteiger partial charge >= 0.3 is 0 Å². The highest BCUT2D eigenvalue weighted by molar-refractivity contribution is 9.10. The van der Waals surface area contributed by atoms with Crippen LogP contribution in [0.5, 0.6) is 0 Å². The molecule has 0 aromatic carbocycles. The van der Waals surface area contributed by atoms with Crippen LogP contribution in [0.25, 0.3) is 0 Å². The molecule has 17 heavy (non-hydrogen) atoms. The summed E-state index contributed by atoms with van der Waals surface area (Å²) in [5.41, 5.74) is 0. The predicted molar refractivity (Wildman–Crippen MR) is 69.9 cm³/mol. The molecular formula is C11H15BrN4O. The summed E-state index contributed by atoms with van der Waals surface area (Å²) >= 11 is 3.30. The predicted octanol–water partition coefficient (Wildman–Crippen LogP) is 0.686. The Labute approximate surface area is 109 Å². The second kappa shape index (κ2) is 5.57. The fourth-order valence-corrected chi connectivity index (χ4v) is 1.81. The number of likely N-dealkylation sites (N-methyl/N-ethyl adjacent to an activating group) is 1. The van der Waals surface area contributed by atoms with Crippen molar-refractivity contribution >= 4 is 27.7 Å². The molecule has 5 nitrogen and oxygen atoms in total. The molecule has 2 rings (SSSR count). The van der Waals surface area contributed by atoms with E-state index in [-0.39, 0.29) is 5.91 Å². The van der Waals surface area contributed by atoms with Gasteiger partial charge in [0, 0.05) is 29.8 Å². The van der Waals surface area contributed by atoms with E-state index >= 15 is 0 Å². The third-order valence-electron chi connectivity index (χ3n) is 2.77. The molecule has 0 atom stereocenters. The Bertz CT molecular complexity index is 391. The maximum Gasteiger partial charge on any atom is 0.239 e. The van der Waals surface area contributed by atoms with Crippen molar-refractivity contribution in [1.82, 2.24) is 15.2 Å². The number of pyridine rings is 1. The lowest BCUT2D eigenvalue weighted by molar-refractivity contribution is -0.117. The monoisotopic (exact) mass is 298 g/mol. The smallest absolute Gasteiger partial charge is 0.239 e. The van der Waals surface area contributed by atoms with E-state index in [1.807, 2.05) is 18.0 Å². The Balaban J connectivity index is 1.82. The minimum Gasteiger partial charge on any atom is -0.314 e. The molecule has 1 aliphatic heterocycles. The summed E-state index contributed by atoms with van der Waals surface area (Å²) in [5.74, 6) is 0.549. The summed E-state index contributed by atoms with van der Waals surface area (Å²) in [6.07, 6.45) is 1.66. The van der Waals surface area contributed by atoms with E-state index in [1.54, 1.807) is 12.3 Å². The summed E-state index contributed by atoms with van der Waals surface area (Å²) in [4.78, 5) is 17.9. The minimum absolute atomic E-state index is 0.0331. The van der Waals surface area contributed by atoms with Gasteiger partial charge in [0.05, 0.1) is 6.54 Å². The highest BCUT2D eigenvalue weighted by atomic mass is 79.9. The van der Waals surface area contributed by atoms with Crippen LogP contribution in [0.15, 0.2) is 22.8 Å². The normalized spacial score (nSPS) is 15.7. The maximum atomic E-state index is 11.7. The first-order valence-corrected chi connectivity index (χ1v) is 6.27. The van der Waals surface area contributed by atoms with Crippen molar-refractivity contribution in [2.45, 2.75) is 6.04 Å². The summed E-state index contributed by atoms with van der Waals surface area (Å²) in [7, 11) is 1.96. The largest absolute Gasteiger partial charge is 0.314 e. The van der Waals surface area contributed by atoms with Gasteiger partial charge in [-0.1, -0.05) is 0 Å². The van der Waals surface area contributed by atoms with E-state index < -0.39 is 0 Å². The molecule has 0 bridgehead atoms. The topological polar surface area (TPSA) is 57.3 Å². The first-order chi connectivity index (χ1) is 8.15. The summed E-state index contributed by atoms with van der Waals surface area (Å²) < 4.78 is 0.896. The average molecular weight is 299 g/mol. The van der Waals surface area contributed by atoms with E-state index in [0.717, 1.165) is 17.6 Å². The van der Waals surface area contributed by atoms with Gasteiger partial charge in [-0.2, -0.15) is 0 Å². The van der Waals surface area contributed by atoms with Gasteiger partial charge in [-0.05, 0) is 35.1 Å². The first kappa shape index (κ1) is 12.5. The van der Waals surface area contributed by atoms with E-state index in [4.69, 9.17) is 0 Å². The lowest BCUT2D eigenvalue weighted by Gasteiger charge is -2.35. The molecule has 1 aromatic rings. The third-order valence-corrected chi connectivity index (χ3v) is 3.24. The molecule has 2 heterocycles. The quantitative estimate of drug-likeness (QED) is 0.859. The number of carbonyl (C=O) groups excluding carboxylic acids is 1. The summed E-state index contributed by atoms with van der Waals surface area (Å²) in [6.45, 7) is 2.31. The van der Waals surface area contributed by atoms with E-state index in [1.165, 1.54) is 0 Å². The number of hydrogen-bond donors (Lipinski definition) is 2. The number of aromatic nitrogens is 1. The maximum absolute atomic E-state index is 11.7. The summed E-state index contributed by atoms with van der Waals surface area (Å²) in [6, 6.07) is 4.09. The number of halogens is 1. The van der Waals surface area contributed by atoms with Gasteiger partial charge < -0.3 is 10.6 Å². The fourth-order valence-electron chi connectivity index (χ4n) is 1.57. The Morgan fingerprint density at radius 3 is 2.94 bits per heavy atom. The van der Waals surface area contributed by atoms with Gasteiger partial charge in [0.1, 0.15) is 5.82 Å². The van der Waals surface area contributed by atoms with Crippen molar-refractivity contribution in [2.24, 2.45) is 0 Å². The molecule has 0 spiro atoms. The zero-order chi connectivity index (χ0) is 12.3. The SMILES string of the molecule is CN(CC(=O)Nc1ccc(Br)cn1)C1CNC1. The number of anilines is 1. The van der Waals surface area contributed by atoms with Gasteiger partial charge in [0.15, 0.2) is 0 Å². The third kappa shape index (κ3) is 3.49. The molecule has 0 unspecified atom stereocenters. The van der Waals surface area contributed by atoms with Crippen molar-refractivity contribution in [1.29, 1.82) is 0 Å². The van der Waals surface area contributed by atoms with Crippen LogP contribution in [-0.4, -0.2) is 48.5 Å². The van der Waals surface area contributed by atoms with Crippen molar-refractivity contribution < 1.29 is 4.79 Å². The van der Waals surface area contributed by atoms with Crippen LogP contribution in [0, 0.1) is 0 Å². The Hall–Kier alpha value is -0.980. The molecule has 1 fully saturated rings.